The molecule has 0 radical (unpaired) electrons. The van der Waals surface area contributed by atoms with Crippen molar-refractivity contribution < 1.29 is 0 Å². The fourth-order valence-electron chi connectivity index (χ4n) is 3.09. The summed E-state index contributed by atoms with van der Waals surface area (Å²) >= 11 is 0. The molecule has 0 saturated carbocycles. The Morgan fingerprint density at radius 1 is 1.00 bits per heavy atom. The van der Waals surface area contributed by atoms with Crippen molar-refractivity contribution in [2.45, 2.75) is 33.4 Å². The molecule has 5 heteroatoms. The molecule has 3 rings (SSSR count). The van der Waals surface area contributed by atoms with Crippen molar-refractivity contribution in [2.24, 2.45) is 0 Å². The van der Waals surface area contributed by atoms with E-state index in [1.54, 1.807) is 0 Å². The molecule has 1 saturated heterocycles. The van der Waals surface area contributed by atoms with Gasteiger partial charge in [-0.2, -0.15) is 5.10 Å². The van der Waals surface area contributed by atoms with Gasteiger partial charge in [0, 0.05) is 68.5 Å². The number of aryl methyl sites for hydroxylation is 1. The maximum absolute atomic E-state index is 4.50. The smallest absolute Gasteiger partial charge is 0.0568 e. The van der Waals surface area contributed by atoms with Crippen molar-refractivity contribution in [2.75, 3.05) is 32.7 Å². The molecule has 0 unspecified atom stereocenters. The van der Waals surface area contributed by atoms with E-state index in [9.17, 15) is 0 Å². The second-order valence-electron chi connectivity index (χ2n) is 6.71. The van der Waals surface area contributed by atoms with Gasteiger partial charge in [-0.05, 0) is 32.4 Å². The Hall–Kier alpha value is -1.72. The SMILES string of the molecule is Cc1cncc(-c2cnn(CCN3CCN(C(C)C)CC3)c2)c1. The minimum atomic E-state index is 0.661. The minimum absolute atomic E-state index is 0.661. The zero-order chi connectivity index (χ0) is 16.2. The van der Waals surface area contributed by atoms with Crippen molar-refractivity contribution in [3.63, 3.8) is 0 Å². The lowest BCUT2D eigenvalue weighted by molar-refractivity contribution is 0.105. The normalized spacial score (nSPS) is 17.0. The highest BCUT2D eigenvalue weighted by Gasteiger charge is 2.18. The van der Waals surface area contributed by atoms with Gasteiger partial charge in [0.15, 0.2) is 0 Å². The van der Waals surface area contributed by atoms with Crippen molar-refractivity contribution in [3.8, 4) is 11.1 Å². The van der Waals surface area contributed by atoms with Crippen LogP contribution < -0.4 is 0 Å². The van der Waals surface area contributed by atoms with Crippen LogP contribution in [0.3, 0.4) is 0 Å². The molecule has 1 aliphatic rings. The molecule has 2 aromatic rings. The molecule has 0 aliphatic carbocycles. The number of hydrogen-bond acceptors (Lipinski definition) is 4. The Bertz CT molecular complexity index is 626. The van der Waals surface area contributed by atoms with E-state index in [2.05, 4.69) is 52.9 Å². The largest absolute Gasteiger partial charge is 0.299 e. The van der Waals surface area contributed by atoms with E-state index in [-0.39, 0.29) is 0 Å². The van der Waals surface area contributed by atoms with E-state index in [1.807, 2.05) is 23.3 Å². The zero-order valence-electron chi connectivity index (χ0n) is 14.4. The summed E-state index contributed by atoms with van der Waals surface area (Å²) in [6.07, 6.45) is 7.85. The van der Waals surface area contributed by atoms with Crippen molar-refractivity contribution >= 4 is 0 Å². The van der Waals surface area contributed by atoms with Crippen LogP contribution in [0, 0.1) is 6.92 Å². The van der Waals surface area contributed by atoms with Crippen molar-refractivity contribution in [1.29, 1.82) is 0 Å². The molecule has 0 atom stereocenters. The molecule has 2 aromatic heterocycles. The quantitative estimate of drug-likeness (QED) is 0.849. The van der Waals surface area contributed by atoms with E-state index in [4.69, 9.17) is 0 Å². The molecule has 0 amide bonds. The molecule has 0 spiro atoms. The van der Waals surface area contributed by atoms with Gasteiger partial charge in [0.1, 0.15) is 0 Å². The molecular weight excluding hydrogens is 286 g/mol. The summed E-state index contributed by atoms with van der Waals surface area (Å²) in [6, 6.07) is 2.81. The van der Waals surface area contributed by atoms with Gasteiger partial charge in [0.05, 0.1) is 12.7 Å². The summed E-state index contributed by atoms with van der Waals surface area (Å²) in [4.78, 5) is 9.35. The first-order chi connectivity index (χ1) is 11.1. The lowest BCUT2D eigenvalue weighted by atomic mass is 10.1. The molecule has 1 fully saturated rings. The Kier molecular flexibility index (Phi) is 5.08. The minimum Gasteiger partial charge on any atom is -0.299 e. The Morgan fingerprint density at radius 3 is 2.48 bits per heavy atom. The molecule has 3 heterocycles. The fourth-order valence-corrected chi connectivity index (χ4v) is 3.09. The monoisotopic (exact) mass is 313 g/mol. The third-order valence-electron chi connectivity index (χ3n) is 4.62. The number of aromatic nitrogens is 3. The van der Waals surface area contributed by atoms with Crippen LogP contribution in [0.1, 0.15) is 19.4 Å². The van der Waals surface area contributed by atoms with Crippen molar-refractivity contribution in [1.82, 2.24) is 24.6 Å². The molecular formula is C18H27N5. The maximum atomic E-state index is 4.50. The highest BCUT2D eigenvalue weighted by molar-refractivity contribution is 5.61. The number of nitrogens with zero attached hydrogens (tertiary/aromatic N) is 5. The standard InChI is InChI=1S/C18H27N5/c1-15(2)22-7-4-21(5-8-22)6-9-23-14-18(13-20-23)17-10-16(3)11-19-12-17/h10-15H,4-9H2,1-3H3. The summed E-state index contributed by atoms with van der Waals surface area (Å²) in [5.74, 6) is 0. The third kappa shape index (κ3) is 4.18. The molecule has 0 aromatic carbocycles. The summed E-state index contributed by atoms with van der Waals surface area (Å²) in [7, 11) is 0. The van der Waals surface area contributed by atoms with Crippen LogP contribution >= 0.6 is 0 Å². The summed E-state index contributed by atoms with van der Waals surface area (Å²) in [5.41, 5.74) is 3.46. The zero-order valence-corrected chi connectivity index (χ0v) is 14.4. The molecule has 0 bridgehead atoms. The van der Waals surface area contributed by atoms with Gasteiger partial charge in [-0.15, -0.1) is 0 Å². The van der Waals surface area contributed by atoms with E-state index >= 15 is 0 Å². The van der Waals surface area contributed by atoms with Crippen LogP contribution in [-0.2, 0) is 6.54 Å². The number of hydrogen-bond donors (Lipinski definition) is 0. The average Bonchev–Trinajstić information content (AvgIpc) is 3.02. The van der Waals surface area contributed by atoms with Crippen LogP contribution in [0.25, 0.3) is 11.1 Å². The first kappa shape index (κ1) is 16.1. The third-order valence-corrected chi connectivity index (χ3v) is 4.62. The average molecular weight is 313 g/mol. The molecule has 0 N–H and O–H groups in total. The van der Waals surface area contributed by atoms with Gasteiger partial charge in [-0.1, -0.05) is 0 Å². The topological polar surface area (TPSA) is 37.2 Å². The summed E-state index contributed by atoms with van der Waals surface area (Å²) in [5, 5.41) is 4.50. The first-order valence-corrected chi connectivity index (χ1v) is 8.53. The Balaban J connectivity index is 1.52. The van der Waals surface area contributed by atoms with Gasteiger partial charge >= 0.3 is 0 Å². The van der Waals surface area contributed by atoms with E-state index in [0.29, 0.717) is 6.04 Å². The van der Waals surface area contributed by atoms with Crippen LogP contribution in [-0.4, -0.2) is 63.3 Å². The van der Waals surface area contributed by atoms with Gasteiger partial charge in [0.2, 0.25) is 0 Å². The van der Waals surface area contributed by atoms with Crippen LogP contribution in [0.5, 0.6) is 0 Å². The van der Waals surface area contributed by atoms with E-state index < -0.39 is 0 Å². The van der Waals surface area contributed by atoms with Gasteiger partial charge in [0.25, 0.3) is 0 Å². The van der Waals surface area contributed by atoms with Crippen LogP contribution in [0.15, 0.2) is 30.9 Å². The van der Waals surface area contributed by atoms with Gasteiger partial charge in [-0.3, -0.25) is 19.5 Å². The maximum Gasteiger partial charge on any atom is 0.0568 e. The molecule has 1 aliphatic heterocycles. The Labute approximate surface area is 138 Å². The summed E-state index contributed by atoms with van der Waals surface area (Å²) < 4.78 is 2.05. The Morgan fingerprint density at radius 2 is 1.78 bits per heavy atom. The number of piperazine rings is 1. The van der Waals surface area contributed by atoms with Crippen molar-refractivity contribution in [3.05, 3.63) is 36.4 Å². The predicted molar refractivity (Wildman–Crippen MR) is 93.3 cm³/mol. The molecule has 5 nitrogen and oxygen atoms in total. The second-order valence-corrected chi connectivity index (χ2v) is 6.71. The summed E-state index contributed by atoms with van der Waals surface area (Å²) in [6.45, 7) is 13.3. The van der Waals surface area contributed by atoms with Gasteiger partial charge in [-0.25, -0.2) is 0 Å². The van der Waals surface area contributed by atoms with Crippen LogP contribution in [0.4, 0.5) is 0 Å². The van der Waals surface area contributed by atoms with E-state index in [0.717, 1.165) is 37.3 Å². The predicted octanol–water partition coefficient (Wildman–Crippen LogP) is 2.28. The number of rotatable bonds is 5. The molecule has 23 heavy (non-hydrogen) atoms. The lowest BCUT2D eigenvalue weighted by Crippen LogP contribution is -2.49. The highest BCUT2D eigenvalue weighted by atomic mass is 15.3. The second kappa shape index (κ2) is 7.23. The number of pyridine rings is 1. The highest BCUT2D eigenvalue weighted by Crippen LogP contribution is 2.18. The lowest BCUT2D eigenvalue weighted by Gasteiger charge is -2.36. The molecule has 124 valence electrons. The van der Waals surface area contributed by atoms with Crippen LogP contribution in [0.2, 0.25) is 0 Å². The fraction of sp³-hybridized carbons (Fsp3) is 0.556. The van der Waals surface area contributed by atoms with E-state index in [1.165, 1.54) is 18.7 Å². The first-order valence-electron chi connectivity index (χ1n) is 8.53. The van der Waals surface area contributed by atoms with Gasteiger partial charge < -0.3 is 0 Å².